The van der Waals surface area contributed by atoms with Crippen molar-refractivity contribution in [2.24, 2.45) is 0 Å². The van der Waals surface area contributed by atoms with Crippen molar-refractivity contribution in [2.45, 2.75) is 6.54 Å². The Morgan fingerprint density at radius 1 is 0.871 bits per heavy atom. The number of aromatic nitrogens is 4. The van der Waals surface area contributed by atoms with Gasteiger partial charge in [0.05, 0.1) is 18.1 Å². The summed E-state index contributed by atoms with van der Waals surface area (Å²) in [6.45, 7) is 3.62. The average Bonchev–Trinajstić information content (AvgIpc) is 3.23. The molecular weight excluding hydrogens is 390 g/mol. The number of pyridine rings is 1. The van der Waals surface area contributed by atoms with Crippen molar-refractivity contribution in [3.05, 3.63) is 73.3 Å². The van der Waals surface area contributed by atoms with E-state index >= 15 is 0 Å². The number of benzene rings is 1. The van der Waals surface area contributed by atoms with Crippen LogP contribution in [0.1, 0.15) is 0 Å². The van der Waals surface area contributed by atoms with Crippen molar-refractivity contribution in [2.75, 3.05) is 41.3 Å². The number of carbonyl (C=O) groups is 1. The lowest BCUT2D eigenvalue weighted by atomic mass is 10.2. The molecule has 3 aromatic heterocycles. The third kappa shape index (κ3) is 4.18. The first kappa shape index (κ1) is 19.0. The lowest BCUT2D eigenvalue weighted by Gasteiger charge is -2.35. The third-order valence-electron chi connectivity index (χ3n) is 5.45. The zero-order chi connectivity index (χ0) is 21.0. The minimum absolute atomic E-state index is 0.110. The molecule has 0 saturated carbocycles. The molecule has 5 rings (SSSR count). The fourth-order valence-electron chi connectivity index (χ4n) is 3.86. The van der Waals surface area contributed by atoms with E-state index < -0.39 is 0 Å². The minimum atomic E-state index is -0.110. The number of nitrogens with one attached hydrogen (secondary N) is 1. The number of hydrogen-bond acceptors (Lipinski definition) is 6. The van der Waals surface area contributed by atoms with Gasteiger partial charge in [0.25, 0.3) is 0 Å². The summed E-state index contributed by atoms with van der Waals surface area (Å²) >= 11 is 0. The Balaban J connectivity index is 1.17. The van der Waals surface area contributed by atoms with Crippen LogP contribution in [0.3, 0.4) is 0 Å². The Kier molecular flexibility index (Phi) is 5.18. The molecule has 8 heteroatoms. The standard InChI is InChI=1S/C23H23N7O/c31-22(17-30-10-8-18-5-1-2-6-20(18)30)27-19-15-25-23(26-16-19)29-13-11-28(12-14-29)21-7-3-4-9-24-21/h1-10,15-16H,11-14,17H2,(H,27,31). The first-order chi connectivity index (χ1) is 15.3. The summed E-state index contributed by atoms with van der Waals surface area (Å²) < 4.78 is 1.93. The van der Waals surface area contributed by atoms with E-state index in [2.05, 4.69) is 30.1 Å². The van der Waals surface area contributed by atoms with E-state index in [1.165, 1.54) is 0 Å². The Morgan fingerprint density at radius 3 is 2.39 bits per heavy atom. The third-order valence-corrected chi connectivity index (χ3v) is 5.45. The minimum Gasteiger partial charge on any atom is -0.353 e. The van der Waals surface area contributed by atoms with Crippen molar-refractivity contribution >= 4 is 34.3 Å². The molecule has 0 radical (unpaired) electrons. The number of nitrogens with zero attached hydrogens (tertiary/aromatic N) is 6. The van der Waals surface area contributed by atoms with E-state index in [0.717, 1.165) is 42.9 Å². The summed E-state index contributed by atoms with van der Waals surface area (Å²) in [6.07, 6.45) is 7.07. The van der Waals surface area contributed by atoms with Gasteiger partial charge in [-0.05, 0) is 29.7 Å². The number of piperazine rings is 1. The lowest BCUT2D eigenvalue weighted by molar-refractivity contribution is -0.116. The van der Waals surface area contributed by atoms with Crippen molar-refractivity contribution in [1.82, 2.24) is 19.5 Å². The molecule has 0 unspecified atom stereocenters. The Hall–Kier alpha value is -3.94. The molecule has 4 heterocycles. The maximum atomic E-state index is 12.5. The van der Waals surface area contributed by atoms with Crippen LogP contribution in [-0.2, 0) is 11.3 Å². The molecule has 1 aliphatic rings. The van der Waals surface area contributed by atoms with E-state index in [-0.39, 0.29) is 12.5 Å². The van der Waals surface area contributed by atoms with Gasteiger partial charge in [0.2, 0.25) is 11.9 Å². The van der Waals surface area contributed by atoms with Gasteiger partial charge in [-0.1, -0.05) is 24.3 Å². The van der Waals surface area contributed by atoms with Crippen molar-refractivity contribution in [3.63, 3.8) is 0 Å². The van der Waals surface area contributed by atoms with E-state index in [4.69, 9.17) is 0 Å². The van der Waals surface area contributed by atoms with Gasteiger partial charge in [-0.15, -0.1) is 0 Å². The molecule has 1 saturated heterocycles. The number of amides is 1. The molecule has 1 N–H and O–H groups in total. The van der Waals surface area contributed by atoms with Gasteiger partial charge in [0, 0.05) is 44.1 Å². The first-order valence-electron chi connectivity index (χ1n) is 10.3. The topological polar surface area (TPSA) is 79.2 Å². The van der Waals surface area contributed by atoms with E-state index in [9.17, 15) is 4.79 Å². The van der Waals surface area contributed by atoms with Gasteiger partial charge in [-0.3, -0.25) is 4.79 Å². The molecule has 0 atom stereocenters. The number of rotatable bonds is 5. The fraction of sp³-hybridized carbons (Fsp3) is 0.217. The van der Waals surface area contributed by atoms with Crippen LogP contribution in [-0.4, -0.2) is 51.6 Å². The fourth-order valence-corrected chi connectivity index (χ4v) is 3.86. The van der Waals surface area contributed by atoms with Gasteiger partial charge in [0.1, 0.15) is 12.4 Å². The zero-order valence-corrected chi connectivity index (χ0v) is 17.1. The number of fused-ring (bicyclic) bond motifs is 1. The van der Waals surface area contributed by atoms with Crippen LogP contribution in [0.15, 0.2) is 73.3 Å². The highest BCUT2D eigenvalue weighted by Gasteiger charge is 2.19. The van der Waals surface area contributed by atoms with Crippen LogP contribution >= 0.6 is 0 Å². The monoisotopic (exact) mass is 413 g/mol. The van der Waals surface area contributed by atoms with Crippen molar-refractivity contribution < 1.29 is 4.79 Å². The second-order valence-electron chi connectivity index (χ2n) is 7.48. The Morgan fingerprint density at radius 2 is 1.61 bits per heavy atom. The predicted octanol–water partition coefficient (Wildman–Crippen LogP) is 2.79. The molecule has 31 heavy (non-hydrogen) atoms. The highest BCUT2D eigenvalue weighted by molar-refractivity contribution is 5.91. The van der Waals surface area contributed by atoms with Gasteiger partial charge < -0.3 is 19.7 Å². The zero-order valence-electron chi connectivity index (χ0n) is 17.1. The summed E-state index contributed by atoms with van der Waals surface area (Å²) in [4.78, 5) is 30.2. The molecule has 1 aromatic carbocycles. The predicted molar refractivity (Wildman–Crippen MR) is 121 cm³/mol. The molecule has 0 bridgehead atoms. The van der Waals surface area contributed by atoms with Crippen LogP contribution in [0.2, 0.25) is 0 Å². The maximum Gasteiger partial charge on any atom is 0.244 e. The molecule has 0 aliphatic carbocycles. The Bertz CT molecular complexity index is 1170. The molecule has 1 fully saturated rings. The first-order valence-corrected chi connectivity index (χ1v) is 10.3. The van der Waals surface area contributed by atoms with Crippen molar-refractivity contribution in [1.29, 1.82) is 0 Å². The average molecular weight is 413 g/mol. The molecular formula is C23H23N7O. The number of carbonyl (C=O) groups excluding carboxylic acids is 1. The summed E-state index contributed by atoms with van der Waals surface area (Å²) in [5.41, 5.74) is 1.63. The highest BCUT2D eigenvalue weighted by atomic mass is 16.1. The molecule has 4 aromatic rings. The van der Waals surface area contributed by atoms with Crippen LogP contribution in [0, 0.1) is 0 Å². The smallest absolute Gasteiger partial charge is 0.244 e. The summed E-state index contributed by atoms with van der Waals surface area (Å²) in [5.74, 6) is 1.56. The number of hydrogen-bond donors (Lipinski definition) is 1. The maximum absolute atomic E-state index is 12.5. The summed E-state index contributed by atoms with van der Waals surface area (Å²) in [6, 6.07) is 16.0. The summed E-state index contributed by atoms with van der Waals surface area (Å²) in [5, 5.41) is 4.00. The quantitative estimate of drug-likeness (QED) is 0.542. The molecule has 8 nitrogen and oxygen atoms in total. The second kappa shape index (κ2) is 8.43. The van der Waals surface area contributed by atoms with Crippen LogP contribution in [0.25, 0.3) is 10.9 Å². The lowest BCUT2D eigenvalue weighted by Crippen LogP contribution is -2.47. The van der Waals surface area contributed by atoms with Gasteiger partial charge in [-0.2, -0.15) is 0 Å². The number of anilines is 3. The van der Waals surface area contributed by atoms with E-state index in [1.807, 2.05) is 65.5 Å². The largest absolute Gasteiger partial charge is 0.353 e. The summed E-state index contributed by atoms with van der Waals surface area (Å²) in [7, 11) is 0. The van der Waals surface area contributed by atoms with Gasteiger partial charge in [-0.25, -0.2) is 15.0 Å². The van der Waals surface area contributed by atoms with E-state index in [1.54, 1.807) is 12.4 Å². The SMILES string of the molecule is O=C(Cn1ccc2ccccc21)Nc1cnc(N2CCN(c3ccccn3)CC2)nc1. The molecule has 0 spiro atoms. The van der Waals surface area contributed by atoms with Gasteiger partial charge in [0.15, 0.2) is 0 Å². The molecule has 1 aliphatic heterocycles. The van der Waals surface area contributed by atoms with Crippen LogP contribution in [0.4, 0.5) is 17.5 Å². The normalized spacial score (nSPS) is 14.1. The molecule has 156 valence electrons. The highest BCUT2D eigenvalue weighted by Crippen LogP contribution is 2.17. The van der Waals surface area contributed by atoms with Gasteiger partial charge >= 0.3 is 0 Å². The van der Waals surface area contributed by atoms with Crippen molar-refractivity contribution in [3.8, 4) is 0 Å². The van der Waals surface area contributed by atoms with Crippen LogP contribution < -0.4 is 15.1 Å². The number of para-hydroxylation sites is 1. The Labute approximate surface area is 180 Å². The van der Waals surface area contributed by atoms with Crippen LogP contribution in [0.5, 0.6) is 0 Å². The van der Waals surface area contributed by atoms with E-state index in [0.29, 0.717) is 11.6 Å². The molecule has 1 amide bonds. The second-order valence-corrected chi connectivity index (χ2v) is 7.48.